The summed E-state index contributed by atoms with van der Waals surface area (Å²) in [6, 6.07) is -1.65. The molecule has 6 amide bonds. The number of rotatable bonds is 28. The van der Waals surface area contributed by atoms with Crippen molar-refractivity contribution in [3.05, 3.63) is 29.8 Å². The molecule has 17 nitrogen and oxygen atoms in total. The molecule has 10 N–H and O–H groups in total. The average Bonchev–Trinajstić information content (AvgIpc) is 3.15. The van der Waals surface area contributed by atoms with Gasteiger partial charge in [-0.3, -0.25) is 28.8 Å². The molecule has 0 aliphatic heterocycles. The van der Waals surface area contributed by atoms with Crippen molar-refractivity contribution in [1.82, 2.24) is 31.9 Å². The molecule has 0 aliphatic carbocycles. The highest BCUT2D eigenvalue weighted by Gasteiger charge is 2.32. The van der Waals surface area contributed by atoms with Crippen molar-refractivity contribution >= 4 is 41.4 Å². The zero-order valence-electron chi connectivity index (χ0n) is 35.1. The van der Waals surface area contributed by atoms with Crippen molar-refractivity contribution in [2.24, 2.45) is 5.92 Å². The highest BCUT2D eigenvalue weighted by Crippen LogP contribution is 2.14. The Morgan fingerprint density at radius 1 is 0.569 bits per heavy atom. The number of aliphatic hydroxyl groups is 2. The van der Waals surface area contributed by atoms with E-state index in [1.54, 1.807) is 13.8 Å². The van der Waals surface area contributed by atoms with E-state index < -0.39 is 95.8 Å². The van der Waals surface area contributed by atoms with E-state index in [1.807, 2.05) is 0 Å². The summed E-state index contributed by atoms with van der Waals surface area (Å²) in [5, 5.41) is 54.4. The van der Waals surface area contributed by atoms with Crippen molar-refractivity contribution < 1.29 is 54.0 Å². The summed E-state index contributed by atoms with van der Waals surface area (Å²) < 4.78 is 0. The molecular weight excluding hydrogens is 752 g/mol. The lowest BCUT2D eigenvalue weighted by molar-refractivity contribution is -0.143. The van der Waals surface area contributed by atoms with Crippen LogP contribution in [-0.4, -0.2) is 110 Å². The van der Waals surface area contributed by atoms with Crippen LogP contribution in [-0.2, 0) is 40.0 Å². The monoisotopic (exact) mass is 820 g/mol. The molecule has 17 heteroatoms. The van der Waals surface area contributed by atoms with Gasteiger partial charge in [-0.1, -0.05) is 77.8 Å². The Hall–Kier alpha value is -4.77. The average molecular weight is 821 g/mol. The Morgan fingerprint density at radius 3 is 1.55 bits per heavy atom. The third kappa shape index (κ3) is 20.1. The number of phenols is 1. The van der Waals surface area contributed by atoms with E-state index in [0.29, 0.717) is 24.8 Å². The van der Waals surface area contributed by atoms with Crippen molar-refractivity contribution in [3.63, 3.8) is 0 Å². The van der Waals surface area contributed by atoms with Crippen LogP contribution in [0.4, 0.5) is 0 Å². The van der Waals surface area contributed by atoms with E-state index in [9.17, 15) is 54.0 Å². The van der Waals surface area contributed by atoms with Crippen LogP contribution in [0.1, 0.15) is 125 Å². The van der Waals surface area contributed by atoms with Gasteiger partial charge < -0.3 is 52.3 Å². The first-order valence-electron chi connectivity index (χ1n) is 20.4. The molecule has 1 aromatic rings. The van der Waals surface area contributed by atoms with Gasteiger partial charge in [0.2, 0.25) is 35.4 Å². The summed E-state index contributed by atoms with van der Waals surface area (Å²) in [5.41, 5.74) is 0.548. The van der Waals surface area contributed by atoms with Gasteiger partial charge in [0, 0.05) is 12.8 Å². The lowest BCUT2D eigenvalue weighted by Gasteiger charge is -2.25. The van der Waals surface area contributed by atoms with Crippen LogP contribution >= 0.6 is 0 Å². The van der Waals surface area contributed by atoms with E-state index in [2.05, 4.69) is 38.8 Å². The van der Waals surface area contributed by atoms with Crippen LogP contribution < -0.4 is 31.9 Å². The van der Waals surface area contributed by atoms with Gasteiger partial charge in [0.15, 0.2) is 0 Å². The predicted octanol–water partition coefficient (Wildman–Crippen LogP) is 1.70. The lowest BCUT2D eigenvalue weighted by Crippen LogP contribution is -2.59. The molecule has 0 radical (unpaired) electrons. The molecule has 0 saturated heterocycles. The van der Waals surface area contributed by atoms with E-state index in [-0.39, 0.29) is 18.6 Å². The first-order valence-corrected chi connectivity index (χ1v) is 20.4. The van der Waals surface area contributed by atoms with E-state index in [4.69, 9.17) is 0 Å². The number of aliphatic carboxylic acids is 1. The standard InChI is InChI=1S/C41H68N6O11/c1-8-9-10-11-12-13-14-16-30(49)17-15-18-33(51)46-35(28(7)48)40(56)44-26(5)37(53)42-25(4)36(52)43-27(6)38(54)45-32(23-29-19-21-31(50)22-20-29)39(55)47-34(24(2)3)41(57)58/h19-22,24-28,30,32,34-35,48-50H,8-18,23H2,1-7H3,(H,42,53)(H,43,52)(H,44,56)(H,45,54)(H,46,51)(H,47,55)(H,57,58). The van der Waals surface area contributed by atoms with Crippen LogP contribution in [0.2, 0.25) is 0 Å². The number of phenolic OH excluding ortho intramolecular Hbond substituents is 1. The molecule has 0 heterocycles. The first kappa shape index (κ1) is 51.2. The molecule has 0 aromatic heterocycles. The second-order valence-corrected chi connectivity index (χ2v) is 15.4. The molecule has 8 atom stereocenters. The molecule has 328 valence electrons. The maximum atomic E-state index is 13.2. The summed E-state index contributed by atoms with van der Waals surface area (Å²) in [6.07, 6.45) is 7.55. The van der Waals surface area contributed by atoms with Gasteiger partial charge >= 0.3 is 5.97 Å². The topological polar surface area (TPSA) is 273 Å². The Kier molecular flexibility index (Phi) is 23.9. The molecule has 0 saturated carbocycles. The van der Waals surface area contributed by atoms with E-state index in [0.717, 1.165) is 19.3 Å². The SMILES string of the molecule is CCCCCCCCCC(O)CCCC(=O)NC(C(=O)NC(C)C(=O)NC(C)C(=O)NC(C)C(=O)NC(Cc1ccc(O)cc1)C(=O)NC(C(=O)O)C(C)C)C(C)O. The van der Waals surface area contributed by atoms with Crippen molar-refractivity contribution in [1.29, 1.82) is 0 Å². The fourth-order valence-electron chi connectivity index (χ4n) is 5.95. The number of carboxylic acid groups (broad SMARTS) is 1. The number of carbonyl (C=O) groups is 7. The molecule has 0 bridgehead atoms. The van der Waals surface area contributed by atoms with Gasteiger partial charge in [-0.25, -0.2) is 4.79 Å². The minimum absolute atomic E-state index is 0.0191. The largest absolute Gasteiger partial charge is 0.508 e. The highest BCUT2D eigenvalue weighted by atomic mass is 16.4. The summed E-state index contributed by atoms with van der Waals surface area (Å²) in [5.74, 6) is -6.20. The van der Waals surface area contributed by atoms with Crippen LogP contribution in [0.5, 0.6) is 5.75 Å². The third-order valence-electron chi connectivity index (χ3n) is 9.66. The van der Waals surface area contributed by atoms with Crippen LogP contribution in [0, 0.1) is 5.92 Å². The Bertz CT molecular complexity index is 1470. The fourth-order valence-corrected chi connectivity index (χ4v) is 5.95. The maximum absolute atomic E-state index is 13.2. The highest BCUT2D eigenvalue weighted by molar-refractivity contribution is 5.96. The fraction of sp³-hybridized carbons (Fsp3) is 0.683. The van der Waals surface area contributed by atoms with Crippen molar-refractivity contribution in [2.75, 3.05) is 0 Å². The number of benzene rings is 1. The van der Waals surface area contributed by atoms with Crippen LogP contribution in [0.25, 0.3) is 0 Å². The number of carboxylic acids is 1. The minimum Gasteiger partial charge on any atom is -0.508 e. The van der Waals surface area contributed by atoms with E-state index >= 15 is 0 Å². The molecule has 1 aromatic carbocycles. The van der Waals surface area contributed by atoms with Crippen molar-refractivity contribution in [2.45, 2.75) is 174 Å². The van der Waals surface area contributed by atoms with Gasteiger partial charge in [0.25, 0.3) is 0 Å². The number of aromatic hydroxyl groups is 1. The third-order valence-corrected chi connectivity index (χ3v) is 9.66. The number of unbranched alkanes of at least 4 members (excludes halogenated alkanes) is 6. The number of carbonyl (C=O) groups excluding carboxylic acids is 6. The van der Waals surface area contributed by atoms with Crippen LogP contribution in [0.3, 0.4) is 0 Å². The second-order valence-electron chi connectivity index (χ2n) is 15.4. The molecular formula is C41H68N6O11. The minimum atomic E-state index is -1.37. The summed E-state index contributed by atoms with van der Waals surface area (Å²) in [6.45, 7) is 10.7. The molecule has 0 aliphatic rings. The molecule has 58 heavy (non-hydrogen) atoms. The Labute approximate surface area is 342 Å². The zero-order valence-corrected chi connectivity index (χ0v) is 35.1. The normalized spacial score (nSPS) is 15.3. The smallest absolute Gasteiger partial charge is 0.326 e. The number of aliphatic hydroxyl groups excluding tert-OH is 2. The summed E-state index contributed by atoms with van der Waals surface area (Å²) in [4.78, 5) is 89.6. The number of hydrogen-bond donors (Lipinski definition) is 10. The Morgan fingerprint density at radius 2 is 1.05 bits per heavy atom. The van der Waals surface area contributed by atoms with Gasteiger partial charge in [0.05, 0.1) is 12.2 Å². The van der Waals surface area contributed by atoms with Gasteiger partial charge in [-0.2, -0.15) is 0 Å². The molecule has 0 fully saturated rings. The first-order chi connectivity index (χ1) is 27.3. The van der Waals surface area contributed by atoms with Gasteiger partial charge in [0.1, 0.15) is 42.0 Å². The van der Waals surface area contributed by atoms with E-state index in [1.165, 1.54) is 77.6 Å². The second kappa shape index (κ2) is 27.0. The maximum Gasteiger partial charge on any atom is 0.326 e. The zero-order chi connectivity index (χ0) is 43.9. The number of amides is 6. The lowest BCUT2D eigenvalue weighted by atomic mass is 10.0. The quantitative estimate of drug-likeness (QED) is 0.0544. The van der Waals surface area contributed by atoms with Gasteiger partial charge in [-0.05, 0) is 70.6 Å². The number of nitrogens with one attached hydrogen (secondary N) is 6. The Balaban J connectivity index is 2.69. The van der Waals surface area contributed by atoms with Crippen molar-refractivity contribution in [3.8, 4) is 5.75 Å². The van der Waals surface area contributed by atoms with Gasteiger partial charge in [-0.15, -0.1) is 0 Å². The number of hydrogen-bond acceptors (Lipinski definition) is 10. The predicted molar refractivity (Wildman–Crippen MR) is 217 cm³/mol. The molecule has 8 unspecified atom stereocenters. The summed E-state index contributed by atoms with van der Waals surface area (Å²) in [7, 11) is 0. The molecule has 1 rings (SSSR count). The van der Waals surface area contributed by atoms with Crippen LogP contribution in [0.15, 0.2) is 24.3 Å². The summed E-state index contributed by atoms with van der Waals surface area (Å²) >= 11 is 0. The molecule has 0 spiro atoms.